The van der Waals surface area contributed by atoms with Gasteiger partial charge in [-0.05, 0) is 18.1 Å². The van der Waals surface area contributed by atoms with Gasteiger partial charge in [-0.15, -0.1) is 0 Å². The van der Waals surface area contributed by atoms with E-state index in [9.17, 15) is 18.3 Å². The third-order valence-electron chi connectivity index (χ3n) is 4.10. The van der Waals surface area contributed by atoms with Crippen LogP contribution in [0.4, 0.5) is 10.5 Å². The summed E-state index contributed by atoms with van der Waals surface area (Å²) in [7, 11) is -4.38. The molecule has 0 atom stereocenters. The molecule has 160 valence electrons. The predicted molar refractivity (Wildman–Crippen MR) is 113 cm³/mol. The SMILES string of the molecule is C=C1NC(=O)N(c2cc(Cl)c(S(=O)(=O)c3ncc(O)c(C(C)C)n3)c(Cl)c2)N=C1C#N. The summed E-state index contributed by atoms with van der Waals surface area (Å²) in [5, 5.41) is 24.7. The summed E-state index contributed by atoms with van der Waals surface area (Å²) in [6.45, 7) is 6.96. The molecule has 2 amide bonds. The summed E-state index contributed by atoms with van der Waals surface area (Å²) in [6, 6.07) is 3.33. The molecule has 1 aromatic heterocycles. The predicted octanol–water partition coefficient (Wildman–Crippen LogP) is 3.37. The Morgan fingerprint density at radius 3 is 2.45 bits per heavy atom. The molecule has 0 bridgehead atoms. The van der Waals surface area contributed by atoms with Gasteiger partial charge in [0.25, 0.3) is 5.16 Å². The Labute approximate surface area is 187 Å². The van der Waals surface area contributed by atoms with Gasteiger partial charge in [0, 0.05) is 0 Å². The molecule has 0 aliphatic carbocycles. The van der Waals surface area contributed by atoms with E-state index in [1.807, 2.05) is 0 Å². The smallest absolute Gasteiger partial charge is 0.347 e. The minimum Gasteiger partial charge on any atom is -0.504 e. The van der Waals surface area contributed by atoms with Crippen LogP contribution in [-0.4, -0.2) is 35.2 Å². The van der Waals surface area contributed by atoms with Crippen LogP contribution in [0.2, 0.25) is 10.0 Å². The summed E-state index contributed by atoms with van der Waals surface area (Å²) >= 11 is 12.4. The summed E-state index contributed by atoms with van der Waals surface area (Å²) in [4.78, 5) is 19.4. The number of carbonyl (C=O) groups is 1. The highest BCUT2D eigenvalue weighted by Gasteiger charge is 2.31. The van der Waals surface area contributed by atoms with Gasteiger partial charge in [0.05, 0.1) is 33.3 Å². The molecule has 10 nitrogen and oxygen atoms in total. The van der Waals surface area contributed by atoms with E-state index in [0.29, 0.717) is 0 Å². The molecule has 2 N–H and O–H groups in total. The number of nitrogens with one attached hydrogen (secondary N) is 1. The maximum absolute atomic E-state index is 13.1. The maximum atomic E-state index is 13.1. The molecule has 0 saturated heterocycles. The van der Waals surface area contributed by atoms with Crippen molar-refractivity contribution in [2.75, 3.05) is 5.01 Å². The Morgan fingerprint density at radius 2 is 1.90 bits per heavy atom. The summed E-state index contributed by atoms with van der Waals surface area (Å²) < 4.78 is 26.2. The summed E-state index contributed by atoms with van der Waals surface area (Å²) in [6.07, 6.45) is 0.981. The molecule has 2 heterocycles. The molecule has 2 aromatic rings. The number of hydrogen-bond donors (Lipinski definition) is 2. The van der Waals surface area contributed by atoms with Crippen molar-refractivity contribution in [2.45, 2.75) is 29.8 Å². The fraction of sp³-hybridized carbons (Fsp3) is 0.167. The number of allylic oxidation sites excluding steroid dienone is 1. The van der Waals surface area contributed by atoms with Gasteiger partial charge in [0.15, 0.2) is 11.5 Å². The molecule has 0 unspecified atom stereocenters. The number of sulfone groups is 1. The number of hydrogen-bond acceptors (Lipinski definition) is 8. The van der Waals surface area contributed by atoms with Crippen molar-refractivity contribution >= 4 is 50.5 Å². The van der Waals surface area contributed by atoms with Gasteiger partial charge in [-0.3, -0.25) is 0 Å². The van der Waals surface area contributed by atoms with E-state index in [4.69, 9.17) is 28.5 Å². The van der Waals surface area contributed by atoms with Crippen LogP contribution in [-0.2, 0) is 9.84 Å². The molecule has 13 heteroatoms. The fourth-order valence-corrected chi connectivity index (χ4v) is 4.96. The Bertz CT molecular complexity index is 1280. The zero-order valence-corrected chi connectivity index (χ0v) is 18.4. The van der Waals surface area contributed by atoms with Gasteiger partial charge in [-0.2, -0.15) is 15.4 Å². The molecule has 0 spiro atoms. The van der Waals surface area contributed by atoms with Crippen LogP contribution >= 0.6 is 23.2 Å². The monoisotopic (exact) mass is 480 g/mol. The van der Waals surface area contributed by atoms with E-state index < -0.39 is 25.9 Å². The largest absolute Gasteiger partial charge is 0.504 e. The number of nitriles is 1. The number of hydrazone groups is 1. The lowest BCUT2D eigenvalue weighted by molar-refractivity contribution is 0.248. The van der Waals surface area contributed by atoms with E-state index in [-0.39, 0.29) is 44.5 Å². The van der Waals surface area contributed by atoms with Crippen molar-refractivity contribution < 1.29 is 18.3 Å². The number of urea groups is 1. The van der Waals surface area contributed by atoms with E-state index in [1.54, 1.807) is 19.9 Å². The minimum atomic E-state index is -4.38. The number of benzene rings is 1. The molecule has 1 aliphatic heterocycles. The molecule has 0 saturated carbocycles. The van der Waals surface area contributed by atoms with Crippen molar-refractivity contribution in [1.29, 1.82) is 5.26 Å². The minimum absolute atomic E-state index is 0.0150. The zero-order chi connectivity index (χ0) is 23.1. The number of aromatic nitrogens is 2. The fourth-order valence-electron chi connectivity index (χ4n) is 2.65. The van der Waals surface area contributed by atoms with E-state index in [0.717, 1.165) is 23.3 Å². The van der Waals surface area contributed by atoms with Gasteiger partial charge in [0.1, 0.15) is 11.0 Å². The van der Waals surface area contributed by atoms with E-state index >= 15 is 0 Å². The molecule has 31 heavy (non-hydrogen) atoms. The van der Waals surface area contributed by atoms with Crippen LogP contribution in [0.5, 0.6) is 5.75 Å². The van der Waals surface area contributed by atoms with Gasteiger partial charge < -0.3 is 10.4 Å². The van der Waals surface area contributed by atoms with Crippen molar-refractivity contribution in [3.8, 4) is 11.8 Å². The van der Waals surface area contributed by atoms with Gasteiger partial charge in [-0.1, -0.05) is 43.6 Å². The standard InChI is InChI=1S/C18H14Cl2N6O4S/c1-8(2)15-14(27)7-22-17(24-15)31(29,30)16-11(19)4-10(5-12(16)20)26-18(28)23-9(3)13(6-21)25-26/h4-5,7-8,27H,3H2,1-2H3,(H,23,28). The van der Waals surface area contributed by atoms with Gasteiger partial charge >= 0.3 is 6.03 Å². The van der Waals surface area contributed by atoms with Crippen LogP contribution < -0.4 is 10.3 Å². The second-order valence-electron chi connectivity index (χ2n) is 6.60. The van der Waals surface area contributed by atoms with Gasteiger partial charge in [0.2, 0.25) is 9.84 Å². The molecule has 3 rings (SSSR count). The first-order chi connectivity index (χ1) is 14.5. The first-order valence-electron chi connectivity index (χ1n) is 8.56. The van der Waals surface area contributed by atoms with Crippen molar-refractivity contribution in [1.82, 2.24) is 15.3 Å². The van der Waals surface area contributed by atoms with Crippen LogP contribution in [0.3, 0.4) is 0 Å². The molecule has 1 aliphatic rings. The second-order valence-corrected chi connectivity index (χ2v) is 9.20. The zero-order valence-electron chi connectivity index (χ0n) is 16.1. The Hall–Kier alpha value is -3.20. The lowest BCUT2D eigenvalue weighted by Gasteiger charge is -2.24. The Balaban J connectivity index is 2.12. The van der Waals surface area contributed by atoms with Crippen LogP contribution in [0.25, 0.3) is 0 Å². The lowest BCUT2D eigenvalue weighted by Crippen LogP contribution is -2.43. The highest BCUT2D eigenvalue weighted by Crippen LogP contribution is 2.37. The van der Waals surface area contributed by atoms with Gasteiger partial charge in [-0.25, -0.2) is 23.2 Å². The lowest BCUT2D eigenvalue weighted by atomic mass is 10.1. The van der Waals surface area contributed by atoms with Crippen LogP contribution in [0, 0.1) is 11.3 Å². The average molecular weight is 481 g/mol. The average Bonchev–Trinajstić information content (AvgIpc) is 2.67. The number of carbonyl (C=O) groups excluding carboxylic acids is 1. The molecule has 0 radical (unpaired) electrons. The normalized spacial score (nSPS) is 14.3. The molecule has 1 aromatic carbocycles. The molecular formula is C18H14Cl2N6O4S. The topological polar surface area (TPSA) is 149 Å². The Morgan fingerprint density at radius 1 is 1.29 bits per heavy atom. The second kappa shape index (κ2) is 8.14. The van der Waals surface area contributed by atoms with Crippen LogP contribution in [0.15, 0.2) is 45.8 Å². The maximum Gasteiger partial charge on any atom is 0.347 e. The first kappa shape index (κ1) is 22.5. The first-order valence-corrected chi connectivity index (χ1v) is 10.8. The number of rotatable bonds is 4. The van der Waals surface area contributed by atoms with E-state index in [2.05, 4.69) is 27.0 Å². The third kappa shape index (κ3) is 4.05. The molecular weight excluding hydrogens is 467 g/mol. The number of nitrogens with zero attached hydrogens (tertiary/aromatic N) is 5. The van der Waals surface area contributed by atoms with Crippen molar-refractivity contribution in [2.24, 2.45) is 5.10 Å². The third-order valence-corrected chi connectivity index (χ3v) is 6.58. The number of halogens is 2. The highest BCUT2D eigenvalue weighted by atomic mass is 35.5. The molecule has 0 fully saturated rings. The number of amides is 2. The van der Waals surface area contributed by atoms with Crippen LogP contribution in [0.1, 0.15) is 25.5 Å². The summed E-state index contributed by atoms with van der Waals surface area (Å²) in [5.74, 6) is -0.518. The summed E-state index contributed by atoms with van der Waals surface area (Å²) in [5.41, 5.74) is 0.0232. The van der Waals surface area contributed by atoms with E-state index in [1.165, 1.54) is 0 Å². The quantitative estimate of drug-likeness (QED) is 0.636. The number of anilines is 1. The number of aromatic hydroxyl groups is 1. The van der Waals surface area contributed by atoms with Crippen molar-refractivity contribution in [3.05, 3.63) is 46.3 Å². The van der Waals surface area contributed by atoms with Crippen molar-refractivity contribution in [3.63, 3.8) is 0 Å². The highest BCUT2D eigenvalue weighted by molar-refractivity contribution is 7.91. The Kier molecular flexibility index (Phi) is 5.91.